The maximum absolute atomic E-state index is 12.5. The van der Waals surface area contributed by atoms with Crippen molar-refractivity contribution in [3.05, 3.63) is 48.0 Å². The Bertz CT molecular complexity index is 819. The highest BCUT2D eigenvalue weighted by atomic mass is 16.5. The van der Waals surface area contributed by atoms with Crippen LogP contribution in [0.5, 0.6) is 11.5 Å². The van der Waals surface area contributed by atoms with E-state index in [0.717, 1.165) is 31.1 Å². The van der Waals surface area contributed by atoms with E-state index in [1.165, 1.54) is 12.4 Å². The first-order chi connectivity index (χ1) is 13.6. The fourth-order valence-electron chi connectivity index (χ4n) is 2.89. The molecule has 2 heterocycles. The molecular formula is C19H23N5O4. The number of piperazine rings is 1. The second-order valence-electron chi connectivity index (χ2n) is 6.31. The Hall–Kier alpha value is -3.20. The zero-order valence-electron chi connectivity index (χ0n) is 15.7. The van der Waals surface area contributed by atoms with E-state index in [4.69, 9.17) is 15.2 Å². The molecule has 0 unspecified atom stereocenters. The van der Waals surface area contributed by atoms with Crippen LogP contribution in [0.25, 0.3) is 0 Å². The number of carbonyl (C=O) groups is 2. The molecule has 2 amide bonds. The Labute approximate surface area is 163 Å². The molecule has 0 radical (unpaired) electrons. The lowest BCUT2D eigenvalue weighted by Gasteiger charge is -2.34. The van der Waals surface area contributed by atoms with E-state index in [2.05, 4.69) is 14.9 Å². The number of methoxy groups -OCH3 is 1. The van der Waals surface area contributed by atoms with Gasteiger partial charge < -0.3 is 20.1 Å². The molecule has 148 valence electrons. The average molecular weight is 385 g/mol. The third-order valence-electron chi connectivity index (χ3n) is 4.50. The second-order valence-corrected chi connectivity index (χ2v) is 6.31. The molecule has 9 nitrogen and oxygen atoms in total. The van der Waals surface area contributed by atoms with Crippen LogP contribution in [0.1, 0.15) is 21.0 Å². The van der Waals surface area contributed by atoms with Gasteiger partial charge in [-0.2, -0.15) is 0 Å². The van der Waals surface area contributed by atoms with Gasteiger partial charge in [0.15, 0.2) is 0 Å². The fourth-order valence-corrected chi connectivity index (χ4v) is 2.89. The Morgan fingerprint density at radius 2 is 1.75 bits per heavy atom. The number of ether oxygens (including phenoxy) is 2. The highest BCUT2D eigenvalue weighted by molar-refractivity contribution is 5.93. The van der Waals surface area contributed by atoms with Gasteiger partial charge in [-0.05, 0) is 12.1 Å². The summed E-state index contributed by atoms with van der Waals surface area (Å²) in [6.45, 7) is 4.02. The van der Waals surface area contributed by atoms with Gasteiger partial charge in [0.25, 0.3) is 11.8 Å². The molecule has 1 aliphatic heterocycles. The summed E-state index contributed by atoms with van der Waals surface area (Å²) >= 11 is 0. The van der Waals surface area contributed by atoms with Crippen molar-refractivity contribution < 1.29 is 19.1 Å². The number of nitrogens with two attached hydrogens (primary N) is 1. The van der Waals surface area contributed by atoms with Crippen LogP contribution < -0.4 is 15.2 Å². The Balaban J connectivity index is 1.43. The molecule has 28 heavy (non-hydrogen) atoms. The van der Waals surface area contributed by atoms with E-state index in [1.807, 2.05) is 24.3 Å². The summed E-state index contributed by atoms with van der Waals surface area (Å²) in [6, 6.07) is 7.50. The van der Waals surface area contributed by atoms with Gasteiger partial charge in [-0.25, -0.2) is 9.97 Å². The van der Waals surface area contributed by atoms with Crippen LogP contribution in [0, 0.1) is 0 Å². The summed E-state index contributed by atoms with van der Waals surface area (Å²) < 4.78 is 10.9. The second kappa shape index (κ2) is 9.14. The van der Waals surface area contributed by atoms with Gasteiger partial charge in [-0.3, -0.25) is 14.5 Å². The van der Waals surface area contributed by atoms with Crippen LogP contribution in [-0.2, 0) is 0 Å². The SMILES string of the molecule is COc1cccc(OCCN2CCN(C(=O)c3cnc(C(N)=O)cn3)CC2)c1. The zero-order valence-corrected chi connectivity index (χ0v) is 15.7. The van der Waals surface area contributed by atoms with Crippen LogP contribution in [-0.4, -0.2) is 78.0 Å². The predicted molar refractivity (Wildman–Crippen MR) is 101 cm³/mol. The summed E-state index contributed by atoms with van der Waals surface area (Å²) in [4.78, 5) is 35.4. The summed E-state index contributed by atoms with van der Waals surface area (Å²) in [6.07, 6.45) is 2.51. The third kappa shape index (κ3) is 4.95. The molecule has 2 N–H and O–H groups in total. The molecule has 3 rings (SSSR count). The number of nitrogens with zero attached hydrogens (tertiary/aromatic N) is 4. The smallest absolute Gasteiger partial charge is 0.274 e. The summed E-state index contributed by atoms with van der Waals surface area (Å²) in [5, 5.41) is 0. The number of benzene rings is 1. The molecule has 2 aromatic rings. The normalized spacial score (nSPS) is 14.5. The summed E-state index contributed by atoms with van der Waals surface area (Å²) in [5.41, 5.74) is 5.38. The van der Waals surface area contributed by atoms with Gasteiger partial charge in [0.2, 0.25) is 0 Å². The molecule has 0 bridgehead atoms. The lowest BCUT2D eigenvalue weighted by Crippen LogP contribution is -2.49. The van der Waals surface area contributed by atoms with E-state index in [-0.39, 0.29) is 17.3 Å². The van der Waals surface area contributed by atoms with Crippen molar-refractivity contribution >= 4 is 11.8 Å². The van der Waals surface area contributed by atoms with Crippen molar-refractivity contribution in [1.82, 2.24) is 19.8 Å². The van der Waals surface area contributed by atoms with Gasteiger partial charge in [0, 0.05) is 38.8 Å². The molecular weight excluding hydrogens is 362 g/mol. The molecule has 1 aromatic heterocycles. The highest BCUT2D eigenvalue weighted by Crippen LogP contribution is 2.18. The van der Waals surface area contributed by atoms with E-state index in [0.29, 0.717) is 19.7 Å². The van der Waals surface area contributed by atoms with E-state index < -0.39 is 5.91 Å². The maximum Gasteiger partial charge on any atom is 0.274 e. The molecule has 0 aliphatic carbocycles. The van der Waals surface area contributed by atoms with Gasteiger partial charge >= 0.3 is 0 Å². The molecule has 1 aliphatic rings. The van der Waals surface area contributed by atoms with Gasteiger partial charge in [0.05, 0.1) is 19.5 Å². The van der Waals surface area contributed by atoms with Crippen molar-refractivity contribution in [2.45, 2.75) is 0 Å². The van der Waals surface area contributed by atoms with Crippen LogP contribution in [0.3, 0.4) is 0 Å². The molecule has 0 saturated carbocycles. The van der Waals surface area contributed by atoms with Crippen LogP contribution in [0.4, 0.5) is 0 Å². The number of aromatic nitrogens is 2. The lowest BCUT2D eigenvalue weighted by molar-refractivity contribution is 0.0613. The maximum atomic E-state index is 12.5. The molecule has 1 fully saturated rings. The number of carbonyl (C=O) groups excluding carboxylic acids is 2. The Morgan fingerprint density at radius 3 is 2.39 bits per heavy atom. The van der Waals surface area contributed by atoms with Gasteiger partial charge in [0.1, 0.15) is 29.5 Å². The Kier molecular flexibility index (Phi) is 6.38. The first-order valence-corrected chi connectivity index (χ1v) is 8.97. The van der Waals surface area contributed by atoms with Crippen LogP contribution in [0.2, 0.25) is 0 Å². The van der Waals surface area contributed by atoms with Crippen LogP contribution >= 0.6 is 0 Å². The zero-order chi connectivity index (χ0) is 19.9. The van der Waals surface area contributed by atoms with Crippen molar-refractivity contribution in [2.24, 2.45) is 5.73 Å². The molecule has 1 aromatic carbocycles. The van der Waals surface area contributed by atoms with E-state index in [9.17, 15) is 9.59 Å². The lowest BCUT2D eigenvalue weighted by atomic mass is 10.2. The quantitative estimate of drug-likeness (QED) is 0.735. The number of rotatable bonds is 7. The topological polar surface area (TPSA) is 111 Å². The fraction of sp³-hybridized carbons (Fsp3) is 0.368. The first kappa shape index (κ1) is 19.6. The standard InChI is InChI=1S/C19H23N5O4/c1-27-14-3-2-4-15(11-14)28-10-9-23-5-7-24(8-6-23)19(26)17-13-21-16(12-22-17)18(20)25/h2-4,11-13H,5-10H2,1H3,(H2,20,25). The number of hydrogen-bond donors (Lipinski definition) is 1. The van der Waals surface area contributed by atoms with E-state index >= 15 is 0 Å². The number of hydrogen-bond acceptors (Lipinski definition) is 7. The average Bonchev–Trinajstić information content (AvgIpc) is 2.74. The van der Waals surface area contributed by atoms with Crippen LogP contribution in [0.15, 0.2) is 36.7 Å². The van der Waals surface area contributed by atoms with Crippen molar-refractivity contribution in [2.75, 3.05) is 46.4 Å². The van der Waals surface area contributed by atoms with Gasteiger partial charge in [-0.15, -0.1) is 0 Å². The Morgan fingerprint density at radius 1 is 1.07 bits per heavy atom. The third-order valence-corrected chi connectivity index (χ3v) is 4.50. The van der Waals surface area contributed by atoms with E-state index in [1.54, 1.807) is 12.0 Å². The molecule has 9 heteroatoms. The minimum atomic E-state index is -0.670. The summed E-state index contributed by atoms with van der Waals surface area (Å²) in [5.74, 6) is 0.662. The molecule has 0 spiro atoms. The highest BCUT2D eigenvalue weighted by Gasteiger charge is 2.23. The van der Waals surface area contributed by atoms with Crippen molar-refractivity contribution in [3.63, 3.8) is 0 Å². The molecule has 1 saturated heterocycles. The van der Waals surface area contributed by atoms with Crippen molar-refractivity contribution in [1.29, 1.82) is 0 Å². The minimum Gasteiger partial charge on any atom is -0.497 e. The largest absolute Gasteiger partial charge is 0.497 e. The number of amides is 2. The first-order valence-electron chi connectivity index (χ1n) is 8.97. The minimum absolute atomic E-state index is 0.0393. The summed E-state index contributed by atoms with van der Waals surface area (Å²) in [7, 11) is 1.62. The predicted octanol–water partition coefficient (Wildman–Crippen LogP) is 0.421. The van der Waals surface area contributed by atoms with Crippen molar-refractivity contribution in [3.8, 4) is 11.5 Å². The monoisotopic (exact) mass is 385 g/mol. The molecule has 0 atom stereocenters. The number of primary amides is 1. The van der Waals surface area contributed by atoms with Gasteiger partial charge in [-0.1, -0.05) is 6.07 Å².